The molecule has 0 unspecified atom stereocenters. The van der Waals surface area contributed by atoms with Crippen LogP contribution in [0.15, 0.2) is 69.5 Å². The molecule has 5 rings (SSSR count). The van der Waals surface area contributed by atoms with Crippen LogP contribution in [0.4, 0.5) is 13.2 Å². The van der Waals surface area contributed by atoms with E-state index >= 15 is 0 Å². The van der Waals surface area contributed by atoms with Crippen molar-refractivity contribution in [3.05, 3.63) is 81.8 Å². The van der Waals surface area contributed by atoms with E-state index in [0.29, 0.717) is 27.4 Å². The van der Waals surface area contributed by atoms with Gasteiger partial charge in [0.05, 0.1) is 24.1 Å². The highest BCUT2D eigenvalue weighted by Gasteiger charge is 2.30. The Labute approximate surface area is 171 Å². The summed E-state index contributed by atoms with van der Waals surface area (Å²) in [6.45, 7) is 0.177. The molecule has 0 spiro atoms. The van der Waals surface area contributed by atoms with E-state index in [4.69, 9.17) is 4.42 Å². The molecule has 3 heterocycles. The lowest BCUT2D eigenvalue weighted by Crippen LogP contribution is -2.20. The number of alkyl halides is 3. The molecule has 0 fully saturated rings. The van der Waals surface area contributed by atoms with Gasteiger partial charge in [-0.15, -0.1) is 11.3 Å². The molecule has 0 saturated heterocycles. The molecule has 0 radical (unpaired) electrons. The number of nitrogens with zero attached hydrogens (tertiary/aromatic N) is 3. The number of para-hydroxylation sites is 1. The summed E-state index contributed by atoms with van der Waals surface area (Å²) in [6.07, 6.45) is -2.93. The Balaban J connectivity index is 1.45. The van der Waals surface area contributed by atoms with Crippen molar-refractivity contribution in [3.63, 3.8) is 0 Å². The van der Waals surface area contributed by atoms with Crippen LogP contribution in [-0.2, 0) is 12.7 Å². The lowest BCUT2D eigenvalue weighted by molar-refractivity contribution is -0.137. The van der Waals surface area contributed by atoms with Crippen LogP contribution in [0.25, 0.3) is 32.6 Å². The van der Waals surface area contributed by atoms with Crippen LogP contribution in [0, 0.1) is 0 Å². The van der Waals surface area contributed by atoms with Crippen molar-refractivity contribution < 1.29 is 17.6 Å². The second-order valence-electron chi connectivity index (χ2n) is 6.67. The predicted octanol–water partition coefficient (Wildman–Crippen LogP) is 5.33. The second-order valence-corrected chi connectivity index (χ2v) is 7.53. The highest BCUT2D eigenvalue weighted by molar-refractivity contribution is 7.13. The summed E-state index contributed by atoms with van der Waals surface area (Å²) in [5, 5.41) is 3.11. The zero-order valence-corrected chi connectivity index (χ0v) is 16.0. The maximum Gasteiger partial charge on any atom is 0.416 e. The number of benzene rings is 2. The van der Waals surface area contributed by atoms with Crippen molar-refractivity contribution >= 4 is 33.4 Å². The van der Waals surface area contributed by atoms with Gasteiger partial charge < -0.3 is 4.42 Å². The summed E-state index contributed by atoms with van der Waals surface area (Å²) in [7, 11) is 0. The van der Waals surface area contributed by atoms with Crippen molar-refractivity contribution in [2.45, 2.75) is 12.7 Å². The quantitative estimate of drug-likeness (QED) is 0.390. The van der Waals surface area contributed by atoms with E-state index in [2.05, 4.69) is 9.97 Å². The second kappa shape index (κ2) is 6.81. The minimum absolute atomic E-state index is 0.177. The monoisotopic (exact) mass is 427 g/mol. The van der Waals surface area contributed by atoms with Gasteiger partial charge in [-0.1, -0.05) is 24.3 Å². The van der Waals surface area contributed by atoms with Crippen LogP contribution in [0.5, 0.6) is 0 Å². The van der Waals surface area contributed by atoms with Crippen LogP contribution >= 0.6 is 11.3 Å². The number of aromatic nitrogens is 3. The predicted molar refractivity (Wildman–Crippen MR) is 107 cm³/mol. The molecule has 0 N–H and O–H groups in total. The van der Waals surface area contributed by atoms with Crippen LogP contribution in [0.1, 0.15) is 11.3 Å². The summed E-state index contributed by atoms with van der Waals surface area (Å²) in [4.78, 5) is 21.6. The van der Waals surface area contributed by atoms with E-state index in [1.54, 1.807) is 11.4 Å². The van der Waals surface area contributed by atoms with E-state index in [1.165, 1.54) is 34.4 Å². The smallest absolute Gasteiger partial charge is 0.416 e. The molecule has 0 aliphatic rings. The fourth-order valence-corrected chi connectivity index (χ4v) is 4.03. The normalized spacial score (nSPS) is 12.1. The van der Waals surface area contributed by atoms with Gasteiger partial charge in [0.1, 0.15) is 16.1 Å². The molecule has 30 heavy (non-hydrogen) atoms. The highest BCUT2D eigenvalue weighted by atomic mass is 32.1. The van der Waals surface area contributed by atoms with Gasteiger partial charge >= 0.3 is 6.18 Å². The van der Waals surface area contributed by atoms with Gasteiger partial charge in [-0.3, -0.25) is 9.36 Å². The molecule has 0 aliphatic heterocycles. The maximum atomic E-state index is 12.8. The van der Waals surface area contributed by atoms with Gasteiger partial charge in [-0.25, -0.2) is 9.97 Å². The minimum atomic E-state index is -4.38. The molecule has 9 heteroatoms. The Bertz CT molecular complexity index is 1430. The van der Waals surface area contributed by atoms with Crippen molar-refractivity contribution in [1.82, 2.24) is 14.5 Å². The zero-order chi connectivity index (χ0) is 20.9. The van der Waals surface area contributed by atoms with Gasteiger partial charge in [0.25, 0.3) is 5.56 Å². The minimum Gasteiger partial charge on any atom is -0.448 e. The van der Waals surface area contributed by atoms with Gasteiger partial charge in [0.2, 0.25) is 5.58 Å². The Kier molecular flexibility index (Phi) is 4.21. The molecule has 0 bridgehead atoms. The first-order valence-electron chi connectivity index (χ1n) is 8.89. The maximum absolute atomic E-state index is 12.8. The average Bonchev–Trinajstić information content (AvgIpc) is 3.35. The molecule has 0 aliphatic carbocycles. The van der Waals surface area contributed by atoms with E-state index in [0.717, 1.165) is 17.5 Å². The van der Waals surface area contributed by atoms with Gasteiger partial charge in [0.15, 0.2) is 0 Å². The standard InChI is InChI=1S/C21H12F3N3O2S/c22-21(23,24)13-7-5-12(6-8-13)19-26-14(10-30-19)9-27-11-25-17-15-3-1-2-4-16(15)29-18(17)20(27)28/h1-8,10-11H,9H2. The van der Waals surface area contributed by atoms with E-state index < -0.39 is 11.7 Å². The SMILES string of the molecule is O=c1c2oc3ccccc3c2ncn1Cc1csc(-c2ccc(C(F)(F)F)cc2)n1. The van der Waals surface area contributed by atoms with E-state index in [9.17, 15) is 18.0 Å². The third-order valence-electron chi connectivity index (χ3n) is 4.69. The number of thiazole rings is 1. The Morgan fingerprint density at radius 2 is 1.83 bits per heavy atom. The van der Waals surface area contributed by atoms with Crippen molar-refractivity contribution in [1.29, 1.82) is 0 Å². The fourth-order valence-electron chi connectivity index (χ4n) is 3.22. The number of hydrogen-bond donors (Lipinski definition) is 0. The lowest BCUT2D eigenvalue weighted by atomic mass is 10.1. The van der Waals surface area contributed by atoms with Gasteiger partial charge in [0, 0.05) is 16.3 Å². The zero-order valence-electron chi connectivity index (χ0n) is 15.2. The number of hydrogen-bond acceptors (Lipinski definition) is 5. The number of fused-ring (bicyclic) bond motifs is 3. The van der Waals surface area contributed by atoms with Crippen molar-refractivity contribution in [2.24, 2.45) is 0 Å². The van der Waals surface area contributed by atoms with Crippen LogP contribution < -0.4 is 5.56 Å². The van der Waals surface area contributed by atoms with Gasteiger partial charge in [-0.05, 0) is 24.3 Å². The topological polar surface area (TPSA) is 60.9 Å². The molecule has 0 amide bonds. The highest BCUT2D eigenvalue weighted by Crippen LogP contribution is 2.32. The summed E-state index contributed by atoms with van der Waals surface area (Å²) in [6, 6.07) is 12.1. The number of furan rings is 1. The van der Waals surface area contributed by atoms with Crippen molar-refractivity contribution in [3.8, 4) is 10.6 Å². The molecule has 0 saturated carbocycles. The summed E-state index contributed by atoms with van der Waals surface area (Å²) >= 11 is 1.30. The summed E-state index contributed by atoms with van der Waals surface area (Å²) < 4.78 is 45.2. The molecule has 5 aromatic rings. The van der Waals surface area contributed by atoms with Gasteiger partial charge in [-0.2, -0.15) is 13.2 Å². The first-order chi connectivity index (χ1) is 14.4. The summed E-state index contributed by atoms with van der Waals surface area (Å²) in [5.41, 5.74) is 1.44. The van der Waals surface area contributed by atoms with Crippen molar-refractivity contribution in [2.75, 3.05) is 0 Å². The number of halogens is 3. The largest absolute Gasteiger partial charge is 0.448 e. The third-order valence-corrected chi connectivity index (χ3v) is 5.63. The Morgan fingerprint density at radius 1 is 1.07 bits per heavy atom. The average molecular weight is 427 g/mol. The molecule has 5 nitrogen and oxygen atoms in total. The Hall–Kier alpha value is -3.46. The van der Waals surface area contributed by atoms with E-state index in [1.807, 2.05) is 18.2 Å². The molecule has 3 aromatic heterocycles. The number of rotatable bonds is 3. The molecule has 150 valence electrons. The summed E-state index contributed by atoms with van der Waals surface area (Å²) in [5.74, 6) is 0. The first kappa shape index (κ1) is 18.6. The van der Waals surface area contributed by atoms with Crippen LogP contribution in [-0.4, -0.2) is 14.5 Å². The molecule has 0 atom stereocenters. The van der Waals surface area contributed by atoms with Crippen LogP contribution in [0.3, 0.4) is 0 Å². The molecule has 2 aromatic carbocycles. The lowest BCUT2D eigenvalue weighted by Gasteiger charge is -2.06. The first-order valence-corrected chi connectivity index (χ1v) is 9.77. The van der Waals surface area contributed by atoms with Crippen LogP contribution in [0.2, 0.25) is 0 Å². The Morgan fingerprint density at radius 3 is 2.60 bits per heavy atom. The third kappa shape index (κ3) is 3.17. The fraction of sp³-hybridized carbons (Fsp3) is 0.0952. The van der Waals surface area contributed by atoms with E-state index in [-0.39, 0.29) is 17.7 Å². The molecular formula is C21H12F3N3O2S. The molecular weight excluding hydrogens is 415 g/mol.